The Morgan fingerprint density at radius 1 is 1.38 bits per heavy atom. The molecular formula is C10H15BrClN. The van der Waals surface area contributed by atoms with Gasteiger partial charge < -0.3 is 0 Å². The number of allylic oxidation sites excluding steroid dienone is 3. The molecule has 0 aliphatic carbocycles. The topological polar surface area (TPSA) is 12.4 Å². The van der Waals surface area contributed by atoms with E-state index in [-0.39, 0.29) is 0 Å². The molecule has 0 aromatic carbocycles. The van der Waals surface area contributed by atoms with Crippen LogP contribution in [0, 0.1) is 0 Å². The van der Waals surface area contributed by atoms with Crippen LogP contribution < -0.4 is 0 Å². The van der Waals surface area contributed by atoms with Crippen LogP contribution in [-0.2, 0) is 0 Å². The lowest BCUT2D eigenvalue weighted by molar-refractivity contribution is 1.10. The molecular weight excluding hydrogens is 249 g/mol. The number of aliphatic imine (C=N–C) groups is 1. The molecule has 0 aliphatic heterocycles. The summed E-state index contributed by atoms with van der Waals surface area (Å²) >= 11 is 9.17. The summed E-state index contributed by atoms with van der Waals surface area (Å²) in [5, 5.41) is 1.29. The van der Waals surface area contributed by atoms with Gasteiger partial charge in [-0.25, -0.2) is 4.99 Å². The first-order chi connectivity index (χ1) is 6.10. The minimum atomic E-state index is 0.532. The van der Waals surface area contributed by atoms with Crippen LogP contribution in [0.4, 0.5) is 0 Å². The molecule has 3 heteroatoms. The second-order valence-electron chi connectivity index (χ2n) is 2.84. The second kappa shape index (κ2) is 7.34. The molecule has 0 aliphatic rings. The number of alkyl halides is 1. The van der Waals surface area contributed by atoms with E-state index in [0.29, 0.717) is 5.16 Å². The molecule has 0 heterocycles. The summed E-state index contributed by atoms with van der Waals surface area (Å²) in [5.74, 6) is 0. The van der Waals surface area contributed by atoms with E-state index in [2.05, 4.69) is 34.8 Å². The van der Waals surface area contributed by atoms with Crippen molar-refractivity contribution in [2.24, 2.45) is 4.99 Å². The average molecular weight is 265 g/mol. The van der Waals surface area contributed by atoms with Crippen LogP contribution >= 0.6 is 27.5 Å². The Bertz CT molecular complexity index is 241. The average Bonchev–Trinajstić information content (AvgIpc) is 2.13. The Labute approximate surface area is 93.7 Å². The molecule has 0 unspecified atom stereocenters. The van der Waals surface area contributed by atoms with Crippen LogP contribution in [0.1, 0.15) is 27.2 Å². The molecule has 0 saturated carbocycles. The number of rotatable bonds is 4. The van der Waals surface area contributed by atoms with Gasteiger partial charge in [-0.2, -0.15) is 0 Å². The third-order valence-electron chi connectivity index (χ3n) is 1.55. The molecule has 0 radical (unpaired) electrons. The lowest BCUT2D eigenvalue weighted by Gasteiger charge is -1.93. The van der Waals surface area contributed by atoms with Gasteiger partial charge in [-0.05, 0) is 26.3 Å². The maximum atomic E-state index is 5.86. The highest BCUT2D eigenvalue weighted by Crippen LogP contribution is 2.07. The van der Waals surface area contributed by atoms with Crippen molar-refractivity contribution in [3.63, 3.8) is 0 Å². The summed E-state index contributed by atoms with van der Waals surface area (Å²) in [7, 11) is 0. The third-order valence-corrected chi connectivity index (χ3v) is 2.58. The van der Waals surface area contributed by atoms with Gasteiger partial charge in [0.15, 0.2) is 0 Å². The predicted octanol–water partition coefficient (Wildman–Crippen LogP) is 4.28. The van der Waals surface area contributed by atoms with Crippen molar-refractivity contribution in [2.45, 2.75) is 27.2 Å². The maximum Gasteiger partial charge on any atom is 0.128 e. The lowest BCUT2D eigenvalue weighted by atomic mass is 10.2. The van der Waals surface area contributed by atoms with E-state index in [1.165, 1.54) is 5.57 Å². The molecule has 0 fully saturated rings. The minimum Gasteiger partial charge on any atom is -0.245 e. The van der Waals surface area contributed by atoms with Gasteiger partial charge in [0.2, 0.25) is 0 Å². The largest absolute Gasteiger partial charge is 0.245 e. The van der Waals surface area contributed by atoms with Crippen LogP contribution in [0.3, 0.4) is 0 Å². The second-order valence-corrected chi connectivity index (χ2v) is 3.78. The Morgan fingerprint density at radius 2 is 2.00 bits per heavy atom. The van der Waals surface area contributed by atoms with Gasteiger partial charge in [-0.1, -0.05) is 46.1 Å². The van der Waals surface area contributed by atoms with Crippen molar-refractivity contribution >= 4 is 33.2 Å². The SMILES string of the molecule is CC/C(C)=C/C=C(Cl)\N=C(/C)CBr. The normalized spacial score (nSPS) is 15.0. The molecule has 74 valence electrons. The van der Waals surface area contributed by atoms with Gasteiger partial charge in [0.25, 0.3) is 0 Å². The van der Waals surface area contributed by atoms with Gasteiger partial charge in [0.05, 0.1) is 0 Å². The Morgan fingerprint density at radius 3 is 2.46 bits per heavy atom. The summed E-state index contributed by atoms with van der Waals surface area (Å²) in [6.45, 7) is 6.11. The first kappa shape index (κ1) is 12.9. The van der Waals surface area contributed by atoms with Gasteiger partial charge in [-0.15, -0.1) is 0 Å². The number of nitrogens with zero attached hydrogens (tertiary/aromatic N) is 1. The highest BCUT2D eigenvalue weighted by atomic mass is 79.9. The van der Waals surface area contributed by atoms with E-state index in [4.69, 9.17) is 11.6 Å². The zero-order valence-electron chi connectivity index (χ0n) is 8.27. The molecule has 0 rings (SSSR count). The molecule has 1 nitrogen and oxygen atoms in total. The molecule has 0 aromatic rings. The molecule has 0 aromatic heterocycles. The van der Waals surface area contributed by atoms with E-state index in [1.807, 2.05) is 19.1 Å². The van der Waals surface area contributed by atoms with Crippen molar-refractivity contribution in [3.8, 4) is 0 Å². The third kappa shape index (κ3) is 7.03. The van der Waals surface area contributed by atoms with E-state index >= 15 is 0 Å². The maximum absolute atomic E-state index is 5.86. The summed E-state index contributed by atoms with van der Waals surface area (Å²) < 4.78 is 0. The van der Waals surface area contributed by atoms with Crippen LogP contribution in [0.5, 0.6) is 0 Å². The van der Waals surface area contributed by atoms with Crippen LogP contribution in [0.25, 0.3) is 0 Å². The van der Waals surface area contributed by atoms with Crippen molar-refractivity contribution < 1.29 is 0 Å². The minimum absolute atomic E-state index is 0.532. The van der Waals surface area contributed by atoms with Gasteiger partial charge in [-0.3, -0.25) is 0 Å². The molecule has 0 N–H and O–H groups in total. The summed E-state index contributed by atoms with van der Waals surface area (Å²) in [6, 6.07) is 0. The van der Waals surface area contributed by atoms with Crippen molar-refractivity contribution in [2.75, 3.05) is 5.33 Å². The van der Waals surface area contributed by atoms with Crippen molar-refractivity contribution in [1.29, 1.82) is 0 Å². The van der Waals surface area contributed by atoms with Gasteiger partial charge >= 0.3 is 0 Å². The predicted molar refractivity (Wildman–Crippen MR) is 64.9 cm³/mol. The first-order valence-electron chi connectivity index (χ1n) is 4.23. The lowest BCUT2D eigenvalue weighted by Crippen LogP contribution is -1.90. The summed E-state index contributed by atoms with van der Waals surface area (Å²) in [6.07, 6.45) is 4.86. The Kier molecular flexibility index (Phi) is 7.29. The zero-order valence-corrected chi connectivity index (χ0v) is 10.6. The fourth-order valence-corrected chi connectivity index (χ4v) is 0.911. The smallest absolute Gasteiger partial charge is 0.128 e. The fraction of sp³-hybridized carbons (Fsp3) is 0.500. The number of hydrogen-bond acceptors (Lipinski definition) is 1. The highest BCUT2D eigenvalue weighted by Gasteiger charge is 1.89. The Balaban J connectivity index is 4.34. The highest BCUT2D eigenvalue weighted by molar-refractivity contribution is 9.09. The summed E-state index contributed by atoms with van der Waals surface area (Å²) in [4.78, 5) is 4.15. The monoisotopic (exact) mass is 263 g/mol. The summed E-state index contributed by atoms with van der Waals surface area (Å²) in [5.41, 5.74) is 2.27. The zero-order chi connectivity index (χ0) is 10.3. The quantitative estimate of drug-likeness (QED) is 0.311. The molecule has 13 heavy (non-hydrogen) atoms. The molecule has 0 amide bonds. The van der Waals surface area contributed by atoms with Gasteiger partial charge in [0.1, 0.15) is 5.16 Å². The standard InChI is InChI=1S/C10H15BrClN/c1-4-8(2)5-6-10(12)13-9(3)7-11/h5-6H,4,7H2,1-3H3/b8-5+,10-6-,13-9+. The van der Waals surface area contributed by atoms with E-state index in [0.717, 1.165) is 17.5 Å². The van der Waals surface area contributed by atoms with Crippen molar-refractivity contribution in [3.05, 3.63) is 22.9 Å². The molecule has 0 atom stereocenters. The Hall–Kier alpha value is -0.0800. The van der Waals surface area contributed by atoms with E-state index < -0.39 is 0 Å². The van der Waals surface area contributed by atoms with Crippen LogP contribution in [-0.4, -0.2) is 11.0 Å². The molecule has 0 bridgehead atoms. The fourth-order valence-electron chi connectivity index (χ4n) is 0.578. The number of halogens is 2. The van der Waals surface area contributed by atoms with E-state index in [1.54, 1.807) is 0 Å². The van der Waals surface area contributed by atoms with Gasteiger partial charge in [0, 0.05) is 11.0 Å². The van der Waals surface area contributed by atoms with Crippen molar-refractivity contribution in [1.82, 2.24) is 0 Å². The molecule has 0 spiro atoms. The first-order valence-corrected chi connectivity index (χ1v) is 5.73. The van der Waals surface area contributed by atoms with Crippen LogP contribution in [0.15, 0.2) is 27.9 Å². The van der Waals surface area contributed by atoms with Crippen LogP contribution in [0.2, 0.25) is 0 Å². The number of hydrogen-bond donors (Lipinski definition) is 0. The molecule has 0 saturated heterocycles. The van der Waals surface area contributed by atoms with E-state index in [9.17, 15) is 0 Å².